The zero-order chi connectivity index (χ0) is 13.5. The second-order valence-electron chi connectivity index (χ2n) is 4.74. The molecule has 2 aromatic rings. The molecule has 0 aliphatic rings. The minimum Gasteiger partial charge on any atom is -0.299 e. The summed E-state index contributed by atoms with van der Waals surface area (Å²) in [5, 5.41) is 0. The molecule has 0 N–H and O–H groups in total. The average molecular weight is 253 g/mol. The number of Topliss-reactive ketones (excluding diaryl/α,β-unsaturated/α-hetero) is 1. The van der Waals surface area contributed by atoms with Crippen molar-refractivity contribution < 1.29 is 4.79 Å². The lowest BCUT2D eigenvalue weighted by Gasteiger charge is -2.03. The first-order valence-corrected chi connectivity index (χ1v) is 6.76. The minimum absolute atomic E-state index is 0.293. The smallest absolute Gasteiger partial charge is 0.137 e. The molecular weight excluding hydrogens is 234 g/mol. The van der Waals surface area contributed by atoms with Crippen LogP contribution in [0.5, 0.6) is 0 Å². The number of aryl methyl sites for hydroxylation is 2. The van der Waals surface area contributed by atoms with E-state index in [1.165, 1.54) is 11.1 Å². The molecule has 0 aliphatic heterocycles. The molecule has 1 aromatic heterocycles. The van der Waals surface area contributed by atoms with Crippen LogP contribution in [0.25, 0.3) is 0 Å². The Morgan fingerprint density at radius 1 is 0.947 bits per heavy atom. The van der Waals surface area contributed by atoms with Crippen molar-refractivity contribution in [1.29, 1.82) is 0 Å². The summed E-state index contributed by atoms with van der Waals surface area (Å²) in [6, 6.07) is 12.2. The van der Waals surface area contributed by atoms with Crippen LogP contribution in [0.3, 0.4) is 0 Å². The molecule has 0 spiro atoms. The fourth-order valence-electron chi connectivity index (χ4n) is 2.04. The molecule has 19 heavy (non-hydrogen) atoms. The summed E-state index contributed by atoms with van der Waals surface area (Å²) in [6.45, 7) is 2.13. The third kappa shape index (κ3) is 4.32. The van der Waals surface area contributed by atoms with E-state index in [2.05, 4.69) is 36.2 Å². The molecule has 98 valence electrons. The second-order valence-corrected chi connectivity index (χ2v) is 4.74. The van der Waals surface area contributed by atoms with E-state index in [4.69, 9.17) is 0 Å². The highest BCUT2D eigenvalue weighted by molar-refractivity contribution is 5.81. The summed E-state index contributed by atoms with van der Waals surface area (Å²) in [5.41, 5.74) is 3.59. The molecule has 0 radical (unpaired) electrons. The maximum absolute atomic E-state index is 11.9. The van der Waals surface area contributed by atoms with Gasteiger partial charge in [-0.3, -0.25) is 9.78 Å². The van der Waals surface area contributed by atoms with E-state index in [1.54, 1.807) is 12.4 Å². The van der Waals surface area contributed by atoms with E-state index in [1.807, 2.05) is 12.1 Å². The van der Waals surface area contributed by atoms with Gasteiger partial charge in [-0.2, -0.15) is 0 Å². The Kier molecular flexibility index (Phi) is 4.85. The van der Waals surface area contributed by atoms with Gasteiger partial charge in [-0.25, -0.2) is 0 Å². The number of pyridine rings is 1. The predicted molar refractivity (Wildman–Crippen MR) is 77.1 cm³/mol. The van der Waals surface area contributed by atoms with Crippen LogP contribution in [-0.2, 0) is 24.1 Å². The molecule has 0 saturated heterocycles. The van der Waals surface area contributed by atoms with E-state index in [0.29, 0.717) is 18.6 Å². The second kappa shape index (κ2) is 6.83. The number of hydrogen-bond donors (Lipinski definition) is 0. The third-order valence-electron chi connectivity index (χ3n) is 3.27. The van der Waals surface area contributed by atoms with Gasteiger partial charge in [-0.15, -0.1) is 0 Å². The molecule has 2 nitrogen and oxygen atoms in total. The van der Waals surface area contributed by atoms with Crippen LogP contribution < -0.4 is 0 Å². The first-order chi connectivity index (χ1) is 9.28. The Hall–Kier alpha value is -1.96. The molecule has 0 bridgehead atoms. The van der Waals surface area contributed by atoms with Crippen molar-refractivity contribution in [3.05, 3.63) is 65.5 Å². The van der Waals surface area contributed by atoms with E-state index in [0.717, 1.165) is 18.4 Å². The van der Waals surface area contributed by atoms with Gasteiger partial charge in [0.25, 0.3) is 0 Å². The lowest BCUT2D eigenvalue weighted by Crippen LogP contribution is -2.04. The number of benzene rings is 1. The van der Waals surface area contributed by atoms with Crippen molar-refractivity contribution >= 4 is 5.78 Å². The summed E-state index contributed by atoms with van der Waals surface area (Å²) in [7, 11) is 0. The minimum atomic E-state index is 0.293. The molecule has 0 fully saturated rings. The molecule has 0 unspecified atom stereocenters. The summed E-state index contributed by atoms with van der Waals surface area (Å²) >= 11 is 0. The number of carbonyl (C=O) groups is 1. The van der Waals surface area contributed by atoms with E-state index in [-0.39, 0.29) is 0 Å². The van der Waals surface area contributed by atoms with Gasteiger partial charge in [-0.1, -0.05) is 31.2 Å². The summed E-state index contributed by atoms with van der Waals surface area (Å²) in [6.07, 6.45) is 6.51. The number of carbonyl (C=O) groups excluding carboxylic acids is 1. The van der Waals surface area contributed by atoms with E-state index >= 15 is 0 Å². The maximum Gasteiger partial charge on any atom is 0.137 e. The van der Waals surface area contributed by atoms with Gasteiger partial charge in [0.2, 0.25) is 0 Å². The van der Waals surface area contributed by atoms with Crippen LogP contribution in [0.15, 0.2) is 48.8 Å². The lowest BCUT2D eigenvalue weighted by molar-refractivity contribution is -0.118. The number of aromatic nitrogens is 1. The number of rotatable bonds is 6. The van der Waals surface area contributed by atoms with Crippen molar-refractivity contribution in [2.75, 3.05) is 0 Å². The standard InChI is InChI=1S/C17H19NO/c1-2-14-3-5-16(6-4-14)13-17(19)8-7-15-9-11-18-12-10-15/h3-6,9-12H,2,7-8,13H2,1H3. The Morgan fingerprint density at radius 3 is 2.21 bits per heavy atom. The van der Waals surface area contributed by atoms with Crippen molar-refractivity contribution in [3.63, 3.8) is 0 Å². The third-order valence-corrected chi connectivity index (χ3v) is 3.27. The van der Waals surface area contributed by atoms with Crippen LogP contribution in [-0.4, -0.2) is 10.8 Å². The van der Waals surface area contributed by atoms with Crippen LogP contribution in [0.1, 0.15) is 30.0 Å². The van der Waals surface area contributed by atoms with Crippen molar-refractivity contribution in [2.45, 2.75) is 32.6 Å². The first-order valence-electron chi connectivity index (χ1n) is 6.76. The SMILES string of the molecule is CCc1ccc(CC(=O)CCc2ccncc2)cc1. The fourth-order valence-corrected chi connectivity index (χ4v) is 2.04. The van der Waals surface area contributed by atoms with Gasteiger partial charge in [0.15, 0.2) is 0 Å². The zero-order valence-electron chi connectivity index (χ0n) is 11.3. The summed E-state index contributed by atoms with van der Waals surface area (Å²) < 4.78 is 0. The highest BCUT2D eigenvalue weighted by atomic mass is 16.1. The Morgan fingerprint density at radius 2 is 1.58 bits per heavy atom. The zero-order valence-corrected chi connectivity index (χ0v) is 11.3. The molecule has 2 heteroatoms. The molecule has 0 amide bonds. The van der Waals surface area contributed by atoms with Crippen molar-refractivity contribution in [1.82, 2.24) is 4.98 Å². The normalized spacial score (nSPS) is 10.4. The highest BCUT2D eigenvalue weighted by Gasteiger charge is 2.04. The monoisotopic (exact) mass is 253 g/mol. The Balaban J connectivity index is 1.83. The van der Waals surface area contributed by atoms with Gasteiger partial charge < -0.3 is 0 Å². The summed E-state index contributed by atoms with van der Waals surface area (Å²) in [5.74, 6) is 0.293. The van der Waals surface area contributed by atoms with Crippen molar-refractivity contribution in [2.24, 2.45) is 0 Å². The largest absolute Gasteiger partial charge is 0.299 e. The van der Waals surface area contributed by atoms with E-state index < -0.39 is 0 Å². The number of hydrogen-bond acceptors (Lipinski definition) is 2. The molecule has 1 aromatic carbocycles. The molecular formula is C17H19NO. The van der Waals surface area contributed by atoms with Gasteiger partial charge in [0, 0.05) is 25.2 Å². The van der Waals surface area contributed by atoms with Crippen LogP contribution in [0.4, 0.5) is 0 Å². The van der Waals surface area contributed by atoms with Crippen molar-refractivity contribution in [3.8, 4) is 0 Å². The number of ketones is 1. The topological polar surface area (TPSA) is 30.0 Å². The van der Waals surface area contributed by atoms with Crippen LogP contribution in [0.2, 0.25) is 0 Å². The maximum atomic E-state index is 11.9. The number of nitrogens with zero attached hydrogens (tertiary/aromatic N) is 1. The molecule has 0 aliphatic carbocycles. The molecule has 2 rings (SSSR count). The predicted octanol–water partition coefficient (Wildman–Crippen LogP) is 3.39. The summed E-state index contributed by atoms with van der Waals surface area (Å²) in [4.78, 5) is 15.9. The first kappa shape index (κ1) is 13.5. The molecule has 0 atom stereocenters. The van der Waals surface area contributed by atoms with E-state index in [9.17, 15) is 4.79 Å². The van der Waals surface area contributed by atoms with Gasteiger partial charge in [0.1, 0.15) is 5.78 Å². The molecule has 1 heterocycles. The van der Waals surface area contributed by atoms with Crippen LogP contribution >= 0.6 is 0 Å². The quantitative estimate of drug-likeness (QED) is 0.790. The average Bonchev–Trinajstić information content (AvgIpc) is 2.47. The lowest BCUT2D eigenvalue weighted by atomic mass is 10.0. The van der Waals surface area contributed by atoms with Gasteiger partial charge in [0.05, 0.1) is 0 Å². The highest BCUT2D eigenvalue weighted by Crippen LogP contribution is 2.08. The van der Waals surface area contributed by atoms with Gasteiger partial charge >= 0.3 is 0 Å². The Labute approximate surface area is 114 Å². The molecule has 0 saturated carbocycles. The van der Waals surface area contributed by atoms with Crippen LogP contribution in [0, 0.1) is 0 Å². The van der Waals surface area contributed by atoms with Gasteiger partial charge in [-0.05, 0) is 41.7 Å². The fraction of sp³-hybridized carbons (Fsp3) is 0.294. The Bertz CT molecular complexity index is 517.